The van der Waals surface area contributed by atoms with E-state index >= 15 is 0 Å². The van der Waals surface area contributed by atoms with Gasteiger partial charge >= 0.3 is 0 Å². The predicted molar refractivity (Wildman–Crippen MR) is 102 cm³/mol. The summed E-state index contributed by atoms with van der Waals surface area (Å²) in [6.45, 7) is 6.51. The van der Waals surface area contributed by atoms with Crippen molar-refractivity contribution in [3.05, 3.63) is 71.8 Å². The molecule has 0 aliphatic carbocycles. The number of nitrogens with zero attached hydrogens (tertiary/aromatic N) is 1. The Bertz CT molecular complexity index is 547. The summed E-state index contributed by atoms with van der Waals surface area (Å²) < 4.78 is 0. The van der Waals surface area contributed by atoms with Crippen LogP contribution >= 0.6 is 0 Å². The van der Waals surface area contributed by atoms with Crippen molar-refractivity contribution in [3.63, 3.8) is 0 Å². The average Bonchev–Trinajstić information content (AvgIpc) is 2.65. The van der Waals surface area contributed by atoms with Gasteiger partial charge in [0.25, 0.3) is 0 Å². The first kappa shape index (κ1) is 18.7. The van der Waals surface area contributed by atoms with Gasteiger partial charge in [-0.3, -0.25) is 4.90 Å². The van der Waals surface area contributed by atoms with Crippen molar-refractivity contribution in [2.75, 3.05) is 13.1 Å². The molecule has 0 unspecified atom stereocenters. The summed E-state index contributed by atoms with van der Waals surface area (Å²) in [6.07, 6.45) is 4.16. The minimum atomic E-state index is -0.512. The Kier molecular flexibility index (Phi) is 8.00. The molecule has 0 saturated heterocycles. The molecule has 0 aliphatic rings. The van der Waals surface area contributed by atoms with Gasteiger partial charge in [0.2, 0.25) is 0 Å². The highest BCUT2D eigenvalue weighted by atomic mass is 16.3. The average molecular weight is 325 g/mol. The van der Waals surface area contributed by atoms with Crippen molar-refractivity contribution >= 4 is 0 Å². The normalized spacial score (nSPS) is 13.8. The van der Waals surface area contributed by atoms with Crippen LogP contribution in [0.3, 0.4) is 0 Å². The number of hydrogen-bond acceptors (Lipinski definition) is 2. The van der Waals surface area contributed by atoms with Crippen LogP contribution in [0.15, 0.2) is 60.7 Å². The number of unbranched alkanes of at least 4 members (excludes halogenated alkanes) is 2. The van der Waals surface area contributed by atoms with Crippen LogP contribution in [0.4, 0.5) is 0 Å². The van der Waals surface area contributed by atoms with Crippen molar-refractivity contribution < 1.29 is 5.11 Å². The van der Waals surface area contributed by atoms with E-state index in [2.05, 4.69) is 43.0 Å². The summed E-state index contributed by atoms with van der Waals surface area (Å²) >= 11 is 0. The standard InChI is InChI=1S/C22H31NO/c1-3-5-17-23(18-6-4-2)21(19-13-9-7-10-14-19)22(24)20-15-11-8-12-16-20/h7-16,21-22,24H,3-6,17-18H2,1-2H3/t21-,22-/m0/s1. The number of rotatable bonds is 10. The minimum absolute atomic E-state index is 0.00620. The molecular weight excluding hydrogens is 294 g/mol. The van der Waals surface area contributed by atoms with E-state index in [1.807, 2.05) is 36.4 Å². The summed E-state index contributed by atoms with van der Waals surface area (Å²) in [4.78, 5) is 2.47. The summed E-state index contributed by atoms with van der Waals surface area (Å²) in [5, 5.41) is 11.2. The summed E-state index contributed by atoms with van der Waals surface area (Å²) in [7, 11) is 0. The molecule has 24 heavy (non-hydrogen) atoms. The van der Waals surface area contributed by atoms with Crippen LogP contribution in [-0.4, -0.2) is 23.1 Å². The van der Waals surface area contributed by atoms with E-state index in [0.717, 1.165) is 31.5 Å². The smallest absolute Gasteiger partial charge is 0.0986 e. The minimum Gasteiger partial charge on any atom is -0.386 e. The molecule has 1 N–H and O–H groups in total. The second-order valence-corrected chi connectivity index (χ2v) is 6.45. The van der Waals surface area contributed by atoms with Crippen molar-refractivity contribution in [1.29, 1.82) is 0 Å². The highest BCUT2D eigenvalue weighted by molar-refractivity contribution is 5.26. The topological polar surface area (TPSA) is 23.5 Å². The van der Waals surface area contributed by atoms with E-state index in [-0.39, 0.29) is 6.04 Å². The molecule has 130 valence electrons. The molecule has 2 aromatic carbocycles. The van der Waals surface area contributed by atoms with Gasteiger partial charge in [-0.2, -0.15) is 0 Å². The summed E-state index contributed by atoms with van der Waals surface area (Å²) in [5.74, 6) is 0. The highest BCUT2D eigenvalue weighted by Gasteiger charge is 2.28. The molecule has 0 spiro atoms. The SMILES string of the molecule is CCCCN(CCCC)[C@@H](c1ccccc1)[C@@H](O)c1ccccc1. The van der Waals surface area contributed by atoms with Crippen LogP contribution in [0, 0.1) is 0 Å². The Labute approximate surface area is 147 Å². The molecule has 0 aromatic heterocycles. The monoisotopic (exact) mass is 325 g/mol. The number of aliphatic hydroxyl groups excluding tert-OH is 1. The summed E-state index contributed by atoms with van der Waals surface area (Å²) in [6, 6.07) is 20.5. The van der Waals surface area contributed by atoms with E-state index in [0.29, 0.717) is 0 Å². The lowest BCUT2D eigenvalue weighted by Crippen LogP contribution is -2.34. The zero-order valence-electron chi connectivity index (χ0n) is 15.1. The number of benzene rings is 2. The molecule has 0 amide bonds. The third kappa shape index (κ3) is 5.19. The second-order valence-electron chi connectivity index (χ2n) is 6.45. The van der Waals surface area contributed by atoms with Gasteiger partial charge in [0, 0.05) is 0 Å². The zero-order valence-corrected chi connectivity index (χ0v) is 15.1. The van der Waals surface area contributed by atoms with Crippen molar-refractivity contribution in [2.45, 2.75) is 51.7 Å². The quantitative estimate of drug-likeness (QED) is 0.635. The molecule has 0 bridgehead atoms. The van der Waals surface area contributed by atoms with Crippen LogP contribution < -0.4 is 0 Å². The molecule has 0 radical (unpaired) electrons. The van der Waals surface area contributed by atoms with E-state index in [9.17, 15) is 5.11 Å². The second kappa shape index (κ2) is 10.3. The van der Waals surface area contributed by atoms with Gasteiger partial charge in [0.05, 0.1) is 12.1 Å². The molecule has 2 heteroatoms. The van der Waals surface area contributed by atoms with Crippen molar-refractivity contribution in [2.24, 2.45) is 0 Å². The third-order valence-corrected chi connectivity index (χ3v) is 4.57. The lowest BCUT2D eigenvalue weighted by molar-refractivity contribution is 0.0450. The number of hydrogen-bond donors (Lipinski definition) is 1. The lowest BCUT2D eigenvalue weighted by atomic mass is 9.93. The first-order valence-corrected chi connectivity index (χ1v) is 9.30. The van der Waals surface area contributed by atoms with E-state index < -0.39 is 6.10 Å². The Morgan fingerprint density at radius 2 is 1.21 bits per heavy atom. The fourth-order valence-electron chi connectivity index (χ4n) is 3.19. The van der Waals surface area contributed by atoms with E-state index in [1.165, 1.54) is 18.4 Å². The van der Waals surface area contributed by atoms with Gasteiger partial charge in [0.15, 0.2) is 0 Å². The van der Waals surface area contributed by atoms with Gasteiger partial charge in [-0.25, -0.2) is 0 Å². The molecule has 0 saturated carbocycles. The molecule has 2 atom stereocenters. The van der Waals surface area contributed by atoms with Crippen LogP contribution in [0.1, 0.15) is 62.8 Å². The fourth-order valence-corrected chi connectivity index (χ4v) is 3.19. The van der Waals surface area contributed by atoms with Gasteiger partial charge in [-0.1, -0.05) is 87.4 Å². The van der Waals surface area contributed by atoms with Gasteiger partial charge < -0.3 is 5.11 Å². The fraction of sp³-hybridized carbons (Fsp3) is 0.455. The predicted octanol–water partition coefficient (Wildman–Crippen LogP) is 5.36. The van der Waals surface area contributed by atoms with Crippen molar-refractivity contribution in [3.8, 4) is 0 Å². The molecule has 0 fully saturated rings. The van der Waals surface area contributed by atoms with Gasteiger partial charge in [-0.05, 0) is 37.1 Å². The molecule has 0 heterocycles. The van der Waals surface area contributed by atoms with Crippen LogP contribution in [0.25, 0.3) is 0 Å². The maximum Gasteiger partial charge on any atom is 0.0986 e. The largest absolute Gasteiger partial charge is 0.386 e. The van der Waals surface area contributed by atoms with Crippen molar-refractivity contribution in [1.82, 2.24) is 4.90 Å². The molecule has 2 rings (SSSR count). The van der Waals surface area contributed by atoms with E-state index in [1.54, 1.807) is 0 Å². The maximum absolute atomic E-state index is 11.2. The molecule has 2 aromatic rings. The maximum atomic E-state index is 11.2. The Hall–Kier alpha value is -1.64. The van der Waals surface area contributed by atoms with Gasteiger partial charge in [-0.15, -0.1) is 0 Å². The Morgan fingerprint density at radius 3 is 1.67 bits per heavy atom. The third-order valence-electron chi connectivity index (χ3n) is 4.57. The Morgan fingerprint density at radius 1 is 0.750 bits per heavy atom. The zero-order chi connectivity index (χ0) is 17.2. The number of aliphatic hydroxyl groups is 1. The Balaban J connectivity index is 2.32. The van der Waals surface area contributed by atoms with Crippen LogP contribution in [0.2, 0.25) is 0 Å². The first-order chi connectivity index (χ1) is 11.8. The van der Waals surface area contributed by atoms with E-state index in [4.69, 9.17) is 0 Å². The molecule has 2 nitrogen and oxygen atoms in total. The van der Waals surface area contributed by atoms with Crippen LogP contribution in [0.5, 0.6) is 0 Å². The van der Waals surface area contributed by atoms with Gasteiger partial charge in [0.1, 0.15) is 0 Å². The summed E-state index contributed by atoms with van der Waals surface area (Å²) in [5.41, 5.74) is 2.19. The molecular formula is C22H31NO. The lowest BCUT2D eigenvalue weighted by Gasteiger charge is -2.35. The highest BCUT2D eigenvalue weighted by Crippen LogP contribution is 2.34. The first-order valence-electron chi connectivity index (χ1n) is 9.30. The molecule has 0 aliphatic heterocycles. The van der Waals surface area contributed by atoms with Crippen LogP contribution in [-0.2, 0) is 0 Å².